The topological polar surface area (TPSA) is 117 Å². The van der Waals surface area contributed by atoms with E-state index < -0.39 is 22.8 Å². The van der Waals surface area contributed by atoms with Gasteiger partial charge in [-0.3, -0.25) is 5.32 Å². The molecule has 0 unspecified atom stereocenters. The Morgan fingerprint density at radius 2 is 1.77 bits per heavy atom. The van der Waals surface area contributed by atoms with Crippen molar-refractivity contribution in [3.05, 3.63) is 65.4 Å². The van der Waals surface area contributed by atoms with E-state index in [0.717, 1.165) is 61.4 Å². The summed E-state index contributed by atoms with van der Waals surface area (Å²) in [5, 5.41) is 8.82. The van der Waals surface area contributed by atoms with Crippen LogP contribution in [0, 0.1) is 0 Å². The van der Waals surface area contributed by atoms with Gasteiger partial charge in [0.15, 0.2) is 16.6 Å². The van der Waals surface area contributed by atoms with Gasteiger partial charge in [0.05, 0.1) is 40.0 Å². The Labute approximate surface area is 283 Å². The lowest BCUT2D eigenvalue weighted by Crippen LogP contribution is -2.44. The molecule has 3 aromatic carbocycles. The van der Waals surface area contributed by atoms with Gasteiger partial charge in [-0.2, -0.15) is 13.2 Å². The molecule has 2 aromatic heterocycles. The maximum Gasteiger partial charge on any atom is 0.417 e. The molecule has 0 aliphatic carbocycles. The number of piperazine rings is 1. The molecule has 5 aromatic rings. The van der Waals surface area contributed by atoms with Crippen molar-refractivity contribution in [2.24, 2.45) is 0 Å². The molecule has 0 saturated carbocycles. The number of hydrogen-bond acceptors (Lipinski definition) is 10. The first-order chi connectivity index (χ1) is 23.1. The zero-order chi connectivity index (χ0) is 33.8. The summed E-state index contributed by atoms with van der Waals surface area (Å²) in [6, 6.07) is 11.5. The molecule has 11 nitrogen and oxygen atoms in total. The zero-order valence-corrected chi connectivity index (χ0v) is 27.6. The van der Waals surface area contributed by atoms with Crippen LogP contribution in [0.1, 0.15) is 12.0 Å². The van der Waals surface area contributed by atoms with E-state index in [2.05, 4.69) is 47.7 Å². The number of amides is 2. The zero-order valence-electron chi connectivity index (χ0n) is 26.0. The van der Waals surface area contributed by atoms with Crippen LogP contribution in [0.4, 0.5) is 40.3 Å². The lowest BCUT2D eigenvalue weighted by molar-refractivity contribution is -0.137. The SMILES string of the molecule is COc1cc2c(Nc3ccc4nc(NC(=O)Nc5ccc(Cl)c(C(F)(F)F)c5)sc4c3)ncnc2cc1OCCCN1CCN(C)CC1. The van der Waals surface area contributed by atoms with Crippen molar-refractivity contribution >= 4 is 72.4 Å². The molecule has 16 heteroatoms. The molecule has 1 aliphatic heterocycles. The molecule has 6 rings (SSSR count). The lowest BCUT2D eigenvalue weighted by atomic mass is 10.2. The highest BCUT2D eigenvalue weighted by molar-refractivity contribution is 7.22. The predicted molar refractivity (Wildman–Crippen MR) is 182 cm³/mol. The number of carbonyl (C=O) groups is 1. The molecule has 1 aliphatic rings. The Morgan fingerprint density at radius 3 is 2.54 bits per heavy atom. The van der Waals surface area contributed by atoms with Crippen molar-refractivity contribution in [3.63, 3.8) is 0 Å². The molecule has 3 heterocycles. The molecule has 1 saturated heterocycles. The Hall–Kier alpha value is -4.44. The number of benzene rings is 3. The Bertz CT molecular complexity index is 1930. The van der Waals surface area contributed by atoms with Crippen molar-refractivity contribution < 1.29 is 27.4 Å². The summed E-state index contributed by atoms with van der Waals surface area (Å²) in [6.45, 7) is 5.82. The highest BCUT2D eigenvalue weighted by atomic mass is 35.5. The number of likely N-dealkylation sites (N-methyl/N-ethyl adjacent to an activating group) is 1. The standard InChI is InChI=1S/C32H32ClF3N8O3S/c1-43-9-11-44(12-10-43)8-3-13-47-27-17-25-21(16-26(27)46-2)29(38-18-37-25)39-20-5-7-24-28(15-20)48-31(41-24)42-30(45)40-19-4-6-23(33)22(14-19)32(34,35)36/h4-7,14-18H,3,8-13H2,1-2H3,(H,37,38,39)(H2,40,41,42,45). The van der Waals surface area contributed by atoms with Gasteiger partial charge >= 0.3 is 12.2 Å². The van der Waals surface area contributed by atoms with Crippen molar-refractivity contribution in [2.45, 2.75) is 12.6 Å². The molecular formula is C32H32ClF3N8O3S. The predicted octanol–water partition coefficient (Wildman–Crippen LogP) is 7.32. The van der Waals surface area contributed by atoms with Gasteiger partial charge in [-0.05, 0) is 55.9 Å². The van der Waals surface area contributed by atoms with Gasteiger partial charge in [0.25, 0.3) is 0 Å². The van der Waals surface area contributed by atoms with E-state index in [1.807, 2.05) is 24.3 Å². The monoisotopic (exact) mass is 700 g/mol. The van der Waals surface area contributed by atoms with Gasteiger partial charge in [0.2, 0.25) is 0 Å². The van der Waals surface area contributed by atoms with Gasteiger partial charge in [-0.25, -0.2) is 19.7 Å². The van der Waals surface area contributed by atoms with E-state index in [9.17, 15) is 18.0 Å². The highest BCUT2D eigenvalue weighted by Crippen LogP contribution is 2.37. The fourth-order valence-electron chi connectivity index (χ4n) is 5.25. The van der Waals surface area contributed by atoms with Crippen LogP contribution in [0.3, 0.4) is 0 Å². The van der Waals surface area contributed by atoms with E-state index in [-0.39, 0.29) is 10.8 Å². The Morgan fingerprint density at radius 1 is 0.979 bits per heavy atom. The average molecular weight is 701 g/mol. The summed E-state index contributed by atoms with van der Waals surface area (Å²) in [5.41, 5.74) is 0.909. The average Bonchev–Trinajstić information content (AvgIpc) is 3.45. The minimum atomic E-state index is -4.66. The number of nitrogens with zero attached hydrogens (tertiary/aromatic N) is 5. The number of alkyl halides is 3. The molecule has 1 fully saturated rings. The quantitative estimate of drug-likeness (QED) is 0.129. The third kappa shape index (κ3) is 7.98. The molecule has 0 bridgehead atoms. The number of ether oxygens (including phenoxy) is 2. The normalized spacial score (nSPS) is 14.3. The second-order valence-electron chi connectivity index (χ2n) is 11.2. The second-order valence-corrected chi connectivity index (χ2v) is 12.6. The van der Waals surface area contributed by atoms with Crippen molar-refractivity contribution in [3.8, 4) is 11.5 Å². The smallest absolute Gasteiger partial charge is 0.417 e. The summed E-state index contributed by atoms with van der Waals surface area (Å²) in [4.78, 5) is 30.6. The summed E-state index contributed by atoms with van der Waals surface area (Å²) in [5.74, 6) is 1.74. The maximum absolute atomic E-state index is 13.2. The molecule has 48 heavy (non-hydrogen) atoms. The van der Waals surface area contributed by atoms with E-state index in [0.29, 0.717) is 40.6 Å². The first-order valence-corrected chi connectivity index (χ1v) is 16.2. The van der Waals surface area contributed by atoms with Crippen LogP contribution >= 0.6 is 22.9 Å². The Balaban J connectivity index is 1.11. The number of carbonyl (C=O) groups excluding carboxylic acids is 1. The van der Waals surface area contributed by atoms with Crippen LogP contribution < -0.4 is 25.4 Å². The first-order valence-electron chi connectivity index (χ1n) is 15.0. The fourth-order valence-corrected chi connectivity index (χ4v) is 6.37. The number of rotatable bonds is 10. The summed E-state index contributed by atoms with van der Waals surface area (Å²) in [7, 11) is 3.74. The first kappa shape index (κ1) is 33.5. The lowest BCUT2D eigenvalue weighted by Gasteiger charge is -2.32. The maximum atomic E-state index is 13.2. The molecule has 0 radical (unpaired) electrons. The van der Waals surface area contributed by atoms with E-state index in [1.54, 1.807) is 13.2 Å². The van der Waals surface area contributed by atoms with Crippen LogP contribution in [-0.2, 0) is 6.18 Å². The number of aromatic nitrogens is 3. The number of thiazole rings is 1. The highest BCUT2D eigenvalue weighted by Gasteiger charge is 2.33. The molecule has 3 N–H and O–H groups in total. The minimum Gasteiger partial charge on any atom is -0.493 e. The number of fused-ring (bicyclic) bond motifs is 2. The number of methoxy groups -OCH3 is 1. The fraction of sp³-hybridized carbons (Fsp3) is 0.312. The van der Waals surface area contributed by atoms with Gasteiger partial charge in [-0.1, -0.05) is 22.9 Å². The van der Waals surface area contributed by atoms with Crippen LogP contribution in [0.5, 0.6) is 11.5 Å². The second kappa shape index (κ2) is 14.4. The minimum absolute atomic E-state index is 0.0644. The number of hydrogen-bond donors (Lipinski definition) is 3. The molecule has 2 amide bonds. The van der Waals surface area contributed by atoms with Crippen LogP contribution in [0.2, 0.25) is 5.02 Å². The largest absolute Gasteiger partial charge is 0.493 e. The van der Waals surface area contributed by atoms with Crippen LogP contribution in [0.15, 0.2) is 54.9 Å². The van der Waals surface area contributed by atoms with Crippen molar-refractivity contribution in [1.29, 1.82) is 0 Å². The van der Waals surface area contributed by atoms with Crippen molar-refractivity contribution in [2.75, 3.05) is 69.4 Å². The summed E-state index contributed by atoms with van der Waals surface area (Å²) < 4.78 is 52.1. The van der Waals surface area contributed by atoms with Gasteiger partial charge in [-0.15, -0.1) is 0 Å². The summed E-state index contributed by atoms with van der Waals surface area (Å²) in [6.07, 6.45) is -2.29. The van der Waals surface area contributed by atoms with E-state index in [4.69, 9.17) is 21.1 Å². The molecular weight excluding hydrogens is 669 g/mol. The van der Waals surface area contributed by atoms with Crippen LogP contribution in [0.25, 0.3) is 21.1 Å². The van der Waals surface area contributed by atoms with Crippen LogP contribution in [-0.4, -0.2) is 84.3 Å². The van der Waals surface area contributed by atoms with Crippen molar-refractivity contribution in [1.82, 2.24) is 24.8 Å². The van der Waals surface area contributed by atoms with Gasteiger partial charge in [0.1, 0.15) is 12.1 Å². The van der Waals surface area contributed by atoms with Gasteiger partial charge < -0.3 is 29.9 Å². The summed E-state index contributed by atoms with van der Waals surface area (Å²) >= 11 is 6.87. The number of halogens is 4. The van der Waals surface area contributed by atoms with Gasteiger partial charge in [0, 0.05) is 55.6 Å². The van der Waals surface area contributed by atoms with E-state index in [1.165, 1.54) is 23.7 Å². The number of nitrogens with one attached hydrogen (secondary N) is 3. The van der Waals surface area contributed by atoms with E-state index >= 15 is 0 Å². The third-order valence-corrected chi connectivity index (χ3v) is 9.06. The third-order valence-electron chi connectivity index (χ3n) is 7.79. The number of urea groups is 1. The molecule has 0 atom stereocenters. The Kier molecular flexibility index (Phi) is 10.0. The molecule has 252 valence electrons. The molecule has 0 spiro atoms. The number of anilines is 4.